The predicted octanol–water partition coefficient (Wildman–Crippen LogP) is 3.44. The third-order valence-electron chi connectivity index (χ3n) is 5.28. The highest BCUT2D eigenvalue weighted by Crippen LogP contribution is 2.53. The van der Waals surface area contributed by atoms with E-state index in [0.29, 0.717) is 5.54 Å². The molecule has 86 valence electrons. The van der Waals surface area contributed by atoms with E-state index in [1.165, 1.54) is 51.5 Å². The molecule has 15 heavy (non-hydrogen) atoms. The minimum absolute atomic E-state index is 0.707. The van der Waals surface area contributed by atoms with Gasteiger partial charge < -0.3 is 0 Å². The highest BCUT2D eigenvalue weighted by Gasteiger charge is 2.53. The van der Waals surface area contributed by atoms with Crippen molar-refractivity contribution in [2.24, 2.45) is 11.8 Å². The van der Waals surface area contributed by atoms with Crippen molar-refractivity contribution in [2.45, 2.75) is 70.4 Å². The van der Waals surface area contributed by atoms with Crippen molar-refractivity contribution < 1.29 is 0 Å². The van der Waals surface area contributed by atoms with Crippen molar-refractivity contribution in [1.82, 2.24) is 4.90 Å². The normalized spacial score (nSPS) is 35.8. The number of rotatable bonds is 2. The zero-order chi connectivity index (χ0) is 10.5. The second kappa shape index (κ2) is 3.48. The molecular weight excluding hydrogens is 182 g/mol. The summed E-state index contributed by atoms with van der Waals surface area (Å²) in [6, 6.07) is 0.987. The van der Waals surface area contributed by atoms with Gasteiger partial charge in [-0.05, 0) is 56.9 Å². The molecule has 1 saturated heterocycles. The average molecular weight is 207 g/mol. The Hall–Kier alpha value is -0.0400. The highest BCUT2D eigenvalue weighted by molar-refractivity contribution is 5.10. The zero-order valence-corrected chi connectivity index (χ0v) is 10.3. The van der Waals surface area contributed by atoms with Gasteiger partial charge in [-0.2, -0.15) is 0 Å². The first-order valence-electron chi connectivity index (χ1n) is 6.98. The SMILES string of the molecule is CC(C)[C@H]1CCN(C2CCC2)C2(CC2)C1. The molecule has 1 heterocycles. The lowest BCUT2D eigenvalue weighted by Crippen LogP contribution is -2.53. The molecule has 3 fully saturated rings. The second-order valence-corrected chi connectivity index (χ2v) is 6.50. The summed E-state index contributed by atoms with van der Waals surface area (Å²) in [4.78, 5) is 2.91. The van der Waals surface area contributed by atoms with E-state index in [1.54, 1.807) is 0 Å². The lowest BCUT2D eigenvalue weighted by Gasteiger charge is -2.48. The Morgan fingerprint density at radius 3 is 2.33 bits per heavy atom. The fraction of sp³-hybridized carbons (Fsp3) is 1.00. The summed E-state index contributed by atoms with van der Waals surface area (Å²) >= 11 is 0. The van der Waals surface area contributed by atoms with Crippen LogP contribution in [0.15, 0.2) is 0 Å². The predicted molar refractivity (Wildman–Crippen MR) is 63.9 cm³/mol. The molecule has 0 aromatic rings. The maximum atomic E-state index is 2.91. The first-order valence-corrected chi connectivity index (χ1v) is 6.98. The maximum absolute atomic E-state index is 2.91. The lowest BCUT2D eigenvalue weighted by molar-refractivity contribution is 0.00808. The molecule has 0 N–H and O–H groups in total. The van der Waals surface area contributed by atoms with Crippen LogP contribution in [0.4, 0.5) is 0 Å². The Balaban J connectivity index is 1.68. The van der Waals surface area contributed by atoms with E-state index in [-0.39, 0.29) is 0 Å². The Kier molecular flexibility index (Phi) is 2.35. The van der Waals surface area contributed by atoms with E-state index in [4.69, 9.17) is 0 Å². The van der Waals surface area contributed by atoms with Crippen LogP contribution in [0.2, 0.25) is 0 Å². The van der Waals surface area contributed by atoms with Crippen molar-refractivity contribution >= 4 is 0 Å². The molecule has 0 aromatic heterocycles. The third-order valence-corrected chi connectivity index (χ3v) is 5.28. The van der Waals surface area contributed by atoms with Crippen LogP contribution >= 0.6 is 0 Å². The second-order valence-electron chi connectivity index (χ2n) is 6.50. The molecule has 1 spiro atoms. The van der Waals surface area contributed by atoms with Gasteiger partial charge in [-0.1, -0.05) is 20.3 Å². The van der Waals surface area contributed by atoms with Crippen LogP contribution in [0, 0.1) is 11.8 Å². The molecule has 0 bridgehead atoms. The monoisotopic (exact) mass is 207 g/mol. The molecule has 2 aliphatic carbocycles. The number of likely N-dealkylation sites (tertiary alicyclic amines) is 1. The molecule has 1 atom stereocenters. The lowest BCUT2D eigenvalue weighted by atomic mass is 9.79. The van der Waals surface area contributed by atoms with Crippen LogP contribution in [-0.2, 0) is 0 Å². The van der Waals surface area contributed by atoms with E-state index >= 15 is 0 Å². The molecule has 3 aliphatic rings. The summed E-state index contributed by atoms with van der Waals surface area (Å²) in [7, 11) is 0. The van der Waals surface area contributed by atoms with Crippen molar-refractivity contribution in [1.29, 1.82) is 0 Å². The number of hydrogen-bond acceptors (Lipinski definition) is 1. The van der Waals surface area contributed by atoms with Gasteiger partial charge in [-0.15, -0.1) is 0 Å². The van der Waals surface area contributed by atoms with Gasteiger partial charge in [0.15, 0.2) is 0 Å². The van der Waals surface area contributed by atoms with Crippen LogP contribution in [0.3, 0.4) is 0 Å². The van der Waals surface area contributed by atoms with E-state index in [1.807, 2.05) is 0 Å². The third kappa shape index (κ3) is 1.63. The number of piperidine rings is 1. The van der Waals surface area contributed by atoms with Crippen LogP contribution in [0.1, 0.15) is 58.8 Å². The molecule has 0 aromatic carbocycles. The van der Waals surface area contributed by atoms with Crippen LogP contribution in [-0.4, -0.2) is 23.0 Å². The molecule has 1 nitrogen and oxygen atoms in total. The highest BCUT2D eigenvalue weighted by atomic mass is 15.3. The first kappa shape index (κ1) is 10.1. The molecule has 0 unspecified atom stereocenters. The summed E-state index contributed by atoms with van der Waals surface area (Å²) in [6.45, 7) is 6.24. The summed E-state index contributed by atoms with van der Waals surface area (Å²) in [6.07, 6.45) is 10.5. The smallest absolute Gasteiger partial charge is 0.0216 e. The quantitative estimate of drug-likeness (QED) is 0.670. The molecule has 1 heteroatoms. The topological polar surface area (TPSA) is 3.24 Å². The summed E-state index contributed by atoms with van der Waals surface area (Å²) in [5.74, 6) is 1.93. The molecule has 0 radical (unpaired) electrons. The Morgan fingerprint density at radius 2 is 1.87 bits per heavy atom. The fourth-order valence-electron chi connectivity index (χ4n) is 3.72. The summed E-state index contributed by atoms with van der Waals surface area (Å²) in [5, 5.41) is 0. The standard InChI is InChI=1S/C14H25N/c1-11(2)12-6-9-15(13-4-3-5-13)14(10-12)7-8-14/h11-13H,3-10H2,1-2H3/t12-/m0/s1. The Morgan fingerprint density at radius 1 is 1.13 bits per heavy atom. The van der Waals surface area contributed by atoms with Crippen LogP contribution in [0.5, 0.6) is 0 Å². The van der Waals surface area contributed by atoms with Crippen LogP contribution < -0.4 is 0 Å². The van der Waals surface area contributed by atoms with Gasteiger partial charge in [-0.25, -0.2) is 0 Å². The van der Waals surface area contributed by atoms with Gasteiger partial charge in [0.05, 0.1) is 0 Å². The van der Waals surface area contributed by atoms with Crippen molar-refractivity contribution in [3.63, 3.8) is 0 Å². The van der Waals surface area contributed by atoms with E-state index in [0.717, 1.165) is 17.9 Å². The minimum Gasteiger partial charge on any atom is -0.295 e. The number of nitrogens with zero attached hydrogens (tertiary/aromatic N) is 1. The van der Waals surface area contributed by atoms with Gasteiger partial charge in [-0.3, -0.25) is 4.90 Å². The van der Waals surface area contributed by atoms with Crippen LogP contribution in [0.25, 0.3) is 0 Å². The Bertz CT molecular complexity index is 238. The van der Waals surface area contributed by atoms with Gasteiger partial charge in [0.25, 0.3) is 0 Å². The molecule has 2 saturated carbocycles. The molecule has 0 amide bonds. The minimum atomic E-state index is 0.707. The van der Waals surface area contributed by atoms with Gasteiger partial charge in [0.2, 0.25) is 0 Å². The van der Waals surface area contributed by atoms with Gasteiger partial charge >= 0.3 is 0 Å². The summed E-state index contributed by atoms with van der Waals surface area (Å²) in [5.41, 5.74) is 0.707. The van der Waals surface area contributed by atoms with Gasteiger partial charge in [0, 0.05) is 11.6 Å². The van der Waals surface area contributed by atoms with E-state index < -0.39 is 0 Å². The zero-order valence-electron chi connectivity index (χ0n) is 10.3. The maximum Gasteiger partial charge on any atom is 0.0216 e. The van der Waals surface area contributed by atoms with Gasteiger partial charge in [0.1, 0.15) is 0 Å². The van der Waals surface area contributed by atoms with E-state index in [2.05, 4.69) is 18.7 Å². The van der Waals surface area contributed by atoms with Crippen molar-refractivity contribution in [3.8, 4) is 0 Å². The van der Waals surface area contributed by atoms with Crippen molar-refractivity contribution in [3.05, 3.63) is 0 Å². The number of hydrogen-bond donors (Lipinski definition) is 0. The van der Waals surface area contributed by atoms with E-state index in [9.17, 15) is 0 Å². The molecular formula is C14H25N. The molecule has 1 aliphatic heterocycles. The first-order chi connectivity index (χ1) is 7.21. The Labute approximate surface area is 94.2 Å². The largest absolute Gasteiger partial charge is 0.295 e. The molecule has 3 rings (SSSR count). The average Bonchev–Trinajstić information content (AvgIpc) is 2.86. The summed E-state index contributed by atoms with van der Waals surface area (Å²) < 4.78 is 0. The fourth-order valence-corrected chi connectivity index (χ4v) is 3.72. The van der Waals surface area contributed by atoms with Crippen molar-refractivity contribution in [2.75, 3.05) is 6.54 Å².